The summed E-state index contributed by atoms with van der Waals surface area (Å²) in [6.45, 7) is 8.21. The maximum atomic E-state index is 4.72. The monoisotopic (exact) mass is 287 g/mol. The number of aromatic nitrogens is 1. The molecule has 0 saturated carbocycles. The molecule has 20 heavy (non-hydrogen) atoms. The van der Waals surface area contributed by atoms with Crippen molar-refractivity contribution in [3.8, 4) is 0 Å². The van der Waals surface area contributed by atoms with Crippen molar-refractivity contribution in [2.45, 2.75) is 33.4 Å². The maximum Gasteiger partial charge on any atom is 0.129 e. The third kappa shape index (κ3) is 2.86. The zero-order chi connectivity index (χ0) is 13.9. The van der Waals surface area contributed by atoms with E-state index in [1.54, 1.807) is 4.88 Å². The van der Waals surface area contributed by atoms with Gasteiger partial charge in [0.25, 0.3) is 0 Å². The lowest BCUT2D eigenvalue weighted by Gasteiger charge is -2.28. The minimum atomic E-state index is 0.921. The van der Waals surface area contributed by atoms with Crippen LogP contribution in [0.25, 0.3) is 0 Å². The predicted molar refractivity (Wildman–Crippen MR) is 85.4 cm³/mol. The van der Waals surface area contributed by atoms with Crippen LogP contribution in [0, 0.1) is 6.92 Å². The van der Waals surface area contributed by atoms with Crippen molar-refractivity contribution in [3.05, 3.63) is 45.3 Å². The summed E-state index contributed by atoms with van der Waals surface area (Å²) >= 11 is 1.88. The highest BCUT2D eigenvalue weighted by atomic mass is 32.1. The van der Waals surface area contributed by atoms with Gasteiger partial charge in [0, 0.05) is 30.2 Å². The summed E-state index contributed by atoms with van der Waals surface area (Å²) in [6.07, 6.45) is 1.14. The largest absolute Gasteiger partial charge is 0.352 e. The Morgan fingerprint density at radius 1 is 1.40 bits per heavy atom. The van der Waals surface area contributed by atoms with Crippen molar-refractivity contribution in [2.75, 3.05) is 18.0 Å². The second-order valence-corrected chi connectivity index (χ2v) is 6.30. The molecule has 0 amide bonds. The van der Waals surface area contributed by atoms with Crippen LogP contribution in [0.4, 0.5) is 5.82 Å². The molecule has 1 N–H and O–H groups in total. The molecule has 3 rings (SSSR count). The highest BCUT2D eigenvalue weighted by molar-refractivity contribution is 7.10. The van der Waals surface area contributed by atoms with Crippen molar-refractivity contribution in [3.63, 3.8) is 0 Å². The minimum absolute atomic E-state index is 0.921. The quantitative estimate of drug-likeness (QED) is 0.936. The van der Waals surface area contributed by atoms with Gasteiger partial charge in [0.2, 0.25) is 0 Å². The fourth-order valence-electron chi connectivity index (χ4n) is 2.70. The number of thiophene rings is 1. The zero-order valence-electron chi connectivity index (χ0n) is 12.1. The molecular weight excluding hydrogens is 266 g/mol. The van der Waals surface area contributed by atoms with Gasteiger partial charge in [-0.2, -0.15) is 0 Å². The number of fused-ring (bicyclic) bond motifs is 1. The van der Waals surface area contributed by atoms with Gasteiger partial charge in [-0.05, 0) is 54.6 Å². The number of nitrogens with one attached hydrogen (secondary N) is 1. The molecule has 3 nitrogen and oxygen atoms in total. The van der Waals surface area contributed by atoms with Gasteiger partial charge in [0.05, 0.1) is 0 Å². The van der Waals surface area contributed by atoms with E-state index in [2.05, 4.69) is 47.6 Å². The molecule has 4 heteroatoms. The van der Waals surface area contributed by atoms with Crippen LogP contribution < -0.4 is 10.2 Å². The molecule has 0 bridgehead atoms. The van der Waals surface area contributed by atoms with Gasteiger partial charge >= 0.3 is 0 Å². The topological polar surface area (TPSA) is 28.2 Å². The fourth-order valence-corrected chi connectivity index (χ4v) is 3.59. The fraction of sp³-hybridized carbons (Fsp3) is 0.438. The molecule has 0 aliphatic carbocycles. The Morgan fingerprint density at radius 2 is 2.30 bits per heavy atom. The molecule has 106 valence electrons. The molecule has 1 aliphatic rings. The molecule has 0 atom stereocenters. The van der Waals surface area contributed by atoms with Crippen LogP contribution in [0.15, 0.2) is 23.6 Å². The Kier molecular flexibility index (Phi) is 4.03. The van der Waals surface area contributed by atoms with Crippen LogP contribution in [-0.4, -0.2) is 18.1 Å². The number of anilines is 1. The molecule has 0 spiro atoms. The highest BCUT2D eigenvalue weighted by Gasteiger charge is 2.18. The molecule has 3 heterocycles. The molecule has 2 aromatic rings. The lowest BCUT2D eigenvalue weighted by molar-refractivity contribution is 0.712. The van der Waals surface area contributed by atoms with Crippen LogP contribution in [0.5, 0.6) is 0 Å². The maximum absolute atomic E-state index is 4.72. The van der Waals surface area contributed by atoms with E-state index in [1.165, 1.54) is 11.1 Å². The summed E-state index contributed by atoms with van der Waals surface area (Å²) in [7, 11) is 0. The number of hydrogen-bond donors (Lipinski definition) is 1. The Labute approximate surface area is 124 Å². The third-order valence-corrected chi connectivity index (χ3v) is 4.73. The first kappa shape index (κ1) is 13.6. The van der Waals surface area contributed by atoms with Crippen molar-refractivity contribution in [1.82, 2.24) is 10.3 Å². The second kappa shape index (κ2) is 5.94. The molecule has 2 aromatic heterocycles. The van der Waals surface area contributed by atoms with E-state index in [1.807, 2.05) is 11.3 Å². The molecule has 0 radical (unpaired) electrons. The van der Waals surface area contributed by atoms with Gasteiger partial charge in [0.15, 0.2) is 0 Å². The normalized spacial score (nSPS) is 14.4. The average molecular weight is 287 g/mol. The van der Waals surface area contributed by atoms with Gasteiger partial charge in [-0.15, -0.1) is 11.3 Å². The summed E-state index contributed by atoms with van der Waals surface area (Å²) in [5.41, 5.74) is 3.90. The lowest BCUT2D eigenvalue weighted by atomic mass is 10.1. The Morgan fingerprint density at radius 3 is 3.15 bits per heavy atom. The van der Waals surface area contributed by atoms with Crippen molar-refractivity contribution in [2.24, 2.45) is 0 Å². The van der Waals surface area contributed by atoms with Crippen molar-refractivity contribution >= 4 is 17.2 Å². The van der Waals surface area contributed by atoms with Crippen molar-refractivity contribution in [1.29, 1.82) is 0 Å². The minimum Gasteiger partial charge on any atom is -0.352 e. The van der Waals surface area contributed by atoms with E-state index >= 15 is 0 Å². The van der Waals surface area contributed by atoms with E-state index in [0.717, 1.165) is 44.1 Å². The van der Waals surface area contributed by atoms with Gasteiger partial charge in [-0.1, -0.05) is 6.92 Å². The number of rotatable bonds is 4. The first-order valence-electron chi connectivity index (χ1n) is 7.24. The van der Waals surface area contributed by atoms with Crippen LogP contribution in [0.2, 0.25) is 0 Å². The zero-order valence-corrected chi connectivity index (χ0v) is 13.0. The summed E-state index contributed by atoms with van der Waals surface area (Å²) in [6, 6.07) is 6.65. The SMILES string of the molecule is CCNCc1cc(C)nc(N2CCc3sccc3C2)c1. The summed E-state index contributed by atoms with van der Waals surface area (Å²) < 4.78 is 0. The molecule has 0 unspecified atom stereocenters. The Balaban J connectivity index is 1.82. The van der Waals surface area contributed by atoms with Gasteiger partial charge in [-0.3, -0.25) is 0 Å². The smallest absolute Gasteiger partial charge is 0.129 e. The summed E-state index contributed by atoms with van der Waals surface area (Å²) in [5, 5.41) is 5.59. The first-order chi connectivity index (χ1) is 9.76. The molecule has 0 aromatic carbocycles. The van der Waals surface area contributed by atoms with Gasteiger partial charge < -0.3 is 10.2 Å². The van der Waals surface area contributed by atoms with E-state index in [-0.39, 0.29) is 0 Å². The number of nitrogens with zero attached hydrogens (tertiary/aromatic N) is 2. The van der Waals surface area contributed by atoms with E-state index in [9.17, 15) is 0 Å². The van der Waals surface area contributed by atoms with E-state index in [0.29, 0.717) is 0 Å². The van der Waals surface area contributed by atoms with E-state index < -0.39 is 0 Å². The number of aryl methyl sites for hydroxylation is 1. The summed E-state index contributed by atoms with van der Waals surface area (Å²) in [5.74, 6) is 1.12. The second-order valence-electron chi connectivity index (χ2n) is 5.30. The Hall–Kier alpha value is -1.39. The van der Waals surface area contributed by atoms with Crippen LogP contribution in [0.1, 0.15) is 28.6 Å². The van der Waals surface area contributed by atoms with Crippen LogP contribution in [-0.2, 0) is 19.5 Å². The van der Waals surface area contributed by atoms with Crippen molar-refractivity contribution < 1.29 is 0 Å². The van der Waals surface area contributed by atoms with E-state index in [4.69, 9.17) is 4.98 Å². The van der Waals surface area contributed by atoms with Gasteiger partial charge in [-0.25, -0.2) is 4.98 Å². The average Bonchev–Trinajstić information content (AvgIpc) is 2.92. The van der Waals surface area contributed by atoms with Crippen LogP contribution in [0.3, 0.4) is 0 Å². The molecular formula is C16H21N3S. The molecule has 1 aliphatic heterocycles. The Bertz CT molecular complexity index is 591. The molecule has 0 fully saturated rings. The third-order valence-electron chi connectivity index (χ3n) is 3.71. The standard InChI is InChI=1S/C16H21N3S/c1-3-17-10-13-8-12(2)18-16(9-13)19-6-4-15-14(11-19)5-7-20-15/h5,7-9,17H,3-4,6,10-11H2,1-2H3. The summed E-state index contributed by atoms with van der Waals surface area (Å²) in [4.78, 5) is 8.67. The number of pyridine rings is 1. The molecule has 0 saturated heterocycles. The number of hydrogen-bond acceptors (Lipinski definition) is 4. The predicted octanol–water partition coefficient (Wildman–Crippen LogP) is 3.12. The highest BCUT2D eigenvalue weighted by Crippen LogP contribution is 2.27. The first-order valence-corrected chi connectivity index (χ1v) is 8.12. The van der Waals surface area contributed by atoms with Gasteiger partial charge in [0.1, 0.15) is 5.82 Å². The van der Waals surface area contributed by atoms with Crippen LogP contribution >= 0.6 is 11.3 Å². The lowest BCUT2D eigenvalue weighted by Crippen LogP contribution is -2.30.